The molecule has 0 saturated carbocycles. The highest BCUT2D eigenvalue weighted by Gasteiger charge is 2.33. The van der Waals surface area contributed by atoms with Gasteiger partial charge in [0.25, 0.3) is 5.91 Å². The summed E-state index contributed by atoms with van der Waals surface area (Å²) in [5.74, 6) is -1.90. The molecule has 1 N–H and O–H groups in total. The van der Waals surface area contributed by atoms with Crippen LogP contribution in [-0.4, -0.2) is 44.2 Å². The Balaban J connectivity index is 2.31. The van der Waals surface area contributed by atoms with E-state index in [0.717, 1.165) is 0 Å². The van der Waals surface area contributed by atoms with E-state index in [0.29, 0.717) is 22.3 Å². The molecule has 140 valence electrons. The van der Waals surface area contributed by atoms with Gasteiger partial charge in [0.05, 0.1) is 20.3 Å². The number of hydrogen-bond donors (Lipinski definition) is 1. The SMILES string of the molecule is CCOC(=O)C(NC(=O)c1oc2ccc(OC)cc2c1C)C(=O)OCC. The second kappa shape index (κ2) is 8.37. The van der Waals surface area contributed by atoms with Gasteiger partial charge in [-0.2, -0.15) is 0 Å². The summed E-state index contributed by atoms with van der Waals surface area (Å²) in [6.07, 6.45) is 0. The number of fused-ring (bicyclic) bond motifs is 1. The molecule has 1 aromatic carbocycles. The number of ether oxygens (including phenoxy) is 3. The van der Waals surface area contributed by atoms with Gasteiger partial charge in [0, 0.05) is 10.9 Å². The quantitative estimate of drug-likeness (QED) is 0.592. The Kier molecular flexibility index (Phi) is 6.21. The molecule has 0 radical (unpaired) electrons. The minimum Gasteiger partial charge on any atom is -0.497 e. The van der Waals surface area contributed by atoms with Gasteiger partial charge in [0.2, 0.25) is 6.04 Å². The monoisotopic (exact) mass is 363 g/mol. The zero-order valence-electron chi connectivity index (χ0n) is 15.1. The third kappa shape index (κ3) is 3.96. The van der Waals surface area contributed by atoms with Crippen LogP contribution in [0.15, 0.2) is 22.6 Å². The van der Waals surface area contributed by atoms with Crippen LogP contribution in [0.2, 0.25) is 0 Å². The fourth-order valence-electron chi connectivity index (χ4n) is 2.41. The van der Waals surface area contributed by atoms with Crippen molar-refractivity contribution in [3.05, 3.63) is 29.5 Å². The molecule has 1 amide bonds. The van der Waals surface area contributed by atoms with Crippen LogP contribution < -0.4 is 10.1 Å². The molecule has 0 aliphatic rings. The smallest absolute Gasteiger partial charge is 0.340 e. The Bertz CT molecular complexity index is 806. The van der Waals surface area contributed by atoms with Gasteiger partial charge in [-0.3, -0.25) is 4.79 Å². The van der Waals surface area contributed by atoms with E-state index < -0.39 is 23.9 Å². The van der Waals surface area contributed by atoms with Gasteiger partial charge in [0.1, 0.15) is 11.3 Å². The number of amides is 1. The molecule has 0 bridgehead atoms. The van der Waals surface area contributed by atoms with E-state index in [-0.39, 0.29) is 19.0 Å². The third-order valence-corrected chi connectivity index (χ3v) is 3.67. The second-order valence-corrected chi connectivity index (χ2v) is 5.33. The Morgan fingerprint density at radius 1 is 1.12 bits per heavy atom. The maximum atomic E-state index is 12.6. The number of carbonyl (C=O) groups excluding carboxylic acids is 3. The molecule has 2 aromatic rings. The molecule has 8 heteroatoms. The predicted octanol–water partition coefficient (Wildman–Crippen LogP) is 1.97. The van der Waals surface area contributed by atoms with E-state index in [9.17, 15) is 14.4 Å². The van der Waals surface area contributed by atoms with E-state index in [1.165, 1.54) is 7.11 Å². The molecule has 0 fully saturated rings. The first-order chi connectivity index (χ1) is 12.4. The lowest BCUT2D eigenvalue weighted by Gasteiger charge is -2.15. The molecule has 0 spiro atoms. The zero-order chi connectivity index (χ0) is 19.3. The minimum absolute atomic E-state index is 0.00755. The summed E-state index contributed by atoms with van der Waals surface area (Å²) in [6, 6.07) is 3.54. The molecule has 8 nitrogen and oxygen atoms in total. The molecule has 26 heavy (non-hydrogen) atoms. The fourth-order valence-corrected chi connectivity index (χ4v) is 2.41. The average molecular weight is 363 g/mol. The number of benzene rings is 1. The maximum absolute atomic E-state index is 12.6. The Hall–Kier alpha value is -3.03. The minimum atomic E-state index is -1.57. The predicted molar refractivity (Wildman–Crippen MR) is 92.0 cm³/mol. The molecular weight excluding hydrogens is 342 g/mol. The lowest BCUT2D eigenvalue weighted by Crippen LogP contribution is -2.48. The summed E-state index contributed by atoms with van der Waals surface area (Å²) in [7, 11) is 1.54. The fraction of sp³-hybridized carbons (Fsp3) is 0.389. The summed E-state index contributed by atoms with van der Waals surface area (Å²) in [4.78, 5) is 36.5. The summed E-state index contributed by atoms with van der Waals surface area (Å²) in [6.45, 7) is 5.02. The van der Waals surface area contributed by atoms with E-state index in [2.05, 4.69) is 5.32 Å². The molecule has 2 rings (SSSR count). The van der Waals surface area contributed by atoms with Gasteiger partial charge >= 0.3 is 11.9 Å². The Morgan fingerprint density at radius 3 is 2.27 bits per heavy atom. The molecular formula is C18H21NO7. The van der Waals surface area contributed by atoms with Crippen molar-refractivity contribution in [1.29, 1.82) is 0 Å². The Labute approximate surface area is 150 Å². The standard InChI is InChI=1S/C18H21NO7/c1-5-24-17(21)14(18(22)25-6-2)19-16(20)15-10(3)12-9-11(23-4)7-8-13(12)26-15/h7-9,14H,5-6H2,1-4H3,(H,19,20). The van der Waals surface area contributed by atoms with Crippen molar-refractivity contribution in [3.63, 3.8) is 0 Å². The van der Waals surface area contributed by atoms with E-state index in [4.69, 9.17) is 18.6 Å². The number of esters is 2. The summed E-state index contributed by atoms with van der Waals surface area (Å²) >= 11 is 0. The molecule has 0 atom stereocenters. The van der Waals surface area contributed by atoms with Crippen LogP contribution in [-0.2, 0) is 19.1 Å². The highest BCUT2D eigenvalue weighted by atomic mass is 16.6. The van der Waals surface area contributed by atoms with Crippen LogP contribution in [0.1, 0.15) is 30.0 Å². The zero-order valence-corrected chi connectivity index (χ0v) is 15.1. The first-order valence-corrected chi connectivity index (χ1v) is 8.14. The van der Waals surface area contributed by atoms with Crippen LogP contribution in [0.5, 0.6) is 5.75 Å². The van der Waals surface area contributed by atoms with Crippen molar-refractivity contribution in [3.8, 4) is 5.75 Å². The number of nitrogens with one attached hydrogen (secondary N) is 1. The molecule has 0 unspecified atom stereocenters. The first-order valence-electron chi connectivity index (χ1n) is 8.14. The van der Waals surface area contributed by atoms with E-state index in [1.54, 1.807) is 39.0 Å². The highest BCUT2D eigenvalue weighted by Crippen LogP contribution is 2.28. The highest BCUT2D eigenvalue weighted by molar-refractivity contribution is 6.06. The van der Waals surface area contributed by atoms with Gasteiger partial charge in [-0.1, -0.05) is 0 Å². The van der Waals surface area contributed by atoms with Gasteiger partial charge in [0.15, 0.2) is 5.76 Å². The normalized spacial score (nSPS) is 10.7. The molecule has 0 saturated heterocycles. The van der Waals surface area contributed by atoms with Crippen LogP contribution in [0, 0.1) is 6.92 Å². The van der Waals surface area contributed by atoms with E-state index >= 15 is 0 Å². The molecule has 1 aromatic heterocycles. The number of carbonyl (C=O) groups is 3. The van der Waals surface area contributed by atoms with Gasteiger partial charge in [-0.05, 0) is 39.0 Å². The largest absolute Gasteiger partial charge is 0.497 e. The van der Waals surface area contributed by atoms with Crippen molar-refractivity contribution in [1.82, 2.24) is 5.32 Å². The van der Waals surface area contributed by atoms with Gasteiger partial charge in [-0.25, -0.2) is 9.59 Å². The number of hydrogen-bond acceptors (Lipinski definition) is 7. The Morgan fingerprint density at radius 2 is 1.73 bits per heavy atom. The van der Waals surface area contributed by atoms with Crippen molar-refractivity contribution in [2.75, 3.05) is 20.3 Å². The molecule has 0 aliphatic heterocycles. The van der Waals surface area contributed by atoms with Gasteiger partial charge < -0.3 is 23.9 Å². The van der Waals surface area contributed by atoms with Crippen molar-refractivity contribution in [2.24, 2.45) is 0 Å². The lowest BCUT2D eigenvalue weighted by molar-refractivity contribution is -0.157. The van der Waals surface area contributed by atoms with Crippen molar-refractivity contribution < 1.29 is 33.0 Å². The lowest BCUT2D eigenvalue weighted by atomic mass is 10.1. The number of methoxy groups -OCH3 is 1. The van der Waals surface area contributed by atoms with Crippen LogP contribution >= 0.6 is 0 Å². The topological polar surface area (TPSA) is 104 Å². The van der Waals surface area contributed by atoms with E-state index in [1.807, 2.05) is 0 Å². The molecule has 1 heterocycles. The number of rotatable bonds is 7. The van der Waals surface area contributed by atoms with Crippen LogP contribution in [0.3, 0.4) is 0 Å². The number of aryl methyl sites for hydroxylation is 1. The summed E-state index contributed by atoms with van der Waals surface area (Å²) in [5, 5.41) is 3.01. The van der Waals surface area contributed by atoms with Crippen molar-refractivity contribution >= 4 is 28.8 Å². The van der Waals surface area contributed by atoms with Crippen LogP contribution in [0.25, 0.3) is 11.0 Å². The van der Waals surface area contributed by atoms with Gasteiger partial charge in [-0.15, -0.1) is 0 Å². The van der Waals surface area contributed by atoms with Crippen molar-refractivity contribution in [2.45, 2.75) is 26.8 Å². The maximum Gasteiger partial charge on any atom is 0.340 e. The summed E-state index contributed by atoms with van der Waals surface area (Å²) < 4.78 is 20.4. The second-order valence-electron chi connectivity index (χ2n) is 5.33. The summed E-state index contributed by atoms with van der Waals surface area (Å²) in [5.41, 5.74) is 1.04. The average Bonchev–Trinajstić information content (AvgIpc) is 2.96. The molecule has 0 aliphatic carbocycles. The van der Waals surface area contributed by atoms with Crippen LogP contribution in [0.4, 0.5) is 0 Å². The first kappa shape index (κ1) is 19.3. The third-order valence-electron chi connectivity index (χ3n) is 3.67. The number of furan rings is 1.